The van der Waals surface area contributed by atoms with Gasteiger partial charge in [-0.3, -0.25) is 9.48 Å². The van der Waals surface area contributed by atoms with E-state index in [1.165, 1.54) is 26.3 Å². The fourth-order valence-corrected chi connectivity index (χ4v) is 4.30. The Morgan fingerprint density at radius 2 is 1.93 bits per heavy atom. The summed E-state index contributed by atoms with van der Waals surface area (Å²) in [4.78, 5) is 24.4. The second-order valence-electron chi connectivity index (χ2n) is 5.53. The highest BCUT2D eigenvalue weighted by Gasteiger charge is 2.39. The van der Waals surface area contributed by atoms with Gasteiger partial charge in [0.2, 0.25) is 0 Å². The van der Waals surface area contributed by atoms with Gasteiger partial charge in [-0.2, -0.15) is 18.3 Å². The highest BCUT2D eigenvalue weighted by atomic mass is 35.5. The minimum absolute atomic E-state index is 0.201. The van der Waals surface area contributed by atoms with Gasteiger partial charge in [-0.25, -0.2) is 4.79 Å². The van der Waals surface area contributed by atoms with Crippen LogP contribution in [0.1, 0.15) is 25.9 Å². The maximum Gasteiger partial charge on any atom is 0.436 e. The summed E-state index contributed by atoms with van der Waals surface area (Å²) in [6.45, 7) is 0. The first-order chi connectivity index (χ1) is 13.0. The molecule has 148 valence electrons. The molecule has 3 rings (SSSR count). The lowest BCUT2D eigenvalue weighted by Gasteiger charge is -2.06. The van der Waals surface area contributed by atoms with Gasteiger partial charge in [0.15, 0.2) is 5.69 Å². The summed E-state index contributed by atoms with van der Waals surface area (Å²) in [5.74, 6) is -1.47. The molecule has 0 saturated carbocycles. The number of methoxy groups -OCH3 is 1. The number of hydrogen-bond acceptors (Lipinski definition) is 5. The summed E-state index contributed by atoms with van der Waals surface area (Å²) < 4.78 is 44.7. The third-order valence-corrected chi connectivity index (χ3v) is 5.73. The Balaban J connectivity index is 1.94. The van der Waals surface area contributed by atoms with E-state index in [1.54, 1.807) is 6.07 Å². The number of amides is 1. The molecule has 0 aliphatic rings. The summed E-state index contributed by atoms with van der Waals surface area (Å²) in [5, 5.41) is 5.73. The smallest absolute Gasteiger partial charge is 0.436 e. The summed E-state index contributed by atoms with van der Waals surface area (Å²) in [7, 11) is 2.41. The molecule has 0 aliphatic heterocycles. The standard InChI is InChI=1S/C16H10Cl2F3N3O3S/c1-24-11(10(18)13(23-24)16(19,20)21)14(25)22-6-3-4-7-8(5-6)28-12(9(7)17)15(26)27-2/h3-5H,1-2H3,(H,22,25). The predicted molar refractivity (Wildman–Crippen MR) is 99.3 cm³/mol. The second kappa shape index (κ2) is 7.26. The number of thiophene rings is 1. The molecule has 1 aromatic carbocycles. The van der Waals surface area contributed by atoms with E-state index in [1.807, 2.05) is 0 Å². The van der Waals surface area contributed by atoms with Gasteiger partial charge in [0.25, 0.3) is 5.91 Å². The predicted octanol–water partition coefficient (Wildman–Crippen LogP) is 5.00. The van der Waals surface area contributed by atoms with Crippen molar-refractivity contribution in [2.24, 2.45) is 7.05 Å². The molecular weight excluding hydrogens is 442 g/mol. The Kier molecular flexibility index (Phi) is 5.30. The molecule has 1 N–H and O–H groups in total. The number of esters is 1. The number of aromatic nitrogens is 2. The number of aryl methyl sites for hydroxylation is 1. The molecule has 0 spiro atoms. The van der Waals surface area contributed by atoms with Gasteiger partial charge in [0, 0.05) is 22.8 Å². The number of carbonyl (C=O) groups is 2. The zero-order chi connectivity index (χ0) is 20.8. The molecule has 0 bridgehead atoms. The van der Waals surface area contributed by atoms with E-state index in [0.717, 1.165) is 16.0 Å². The van der Waals surface area contributed by atoms with Crippen LogP contribution in [-0.4, -0.2) is 28.8 Å². The first-order valence-electron chi connectivity index (χ1n) is 7.46. The largest absolute Gasteiger partial charge is 0.465 e. The highest BCUT2D eigenvalue weighted by molar-refractivity contribution is 7.21. The van der Waals surface area contributed by atoms with E-state index in [2.05, 4.69) is 15.2 Å². The van der Waals surface area contributed by atoms with E-state index >= 15 is 0 Å². The Morgan fingerprint density at radius 1 is 1.25 bits per heavy atom. The van der Waals surface area contributed by atoms with Crippen molar-refractivity contribution < 1.29 is 27.5 Å². The van der Waals surface area contributed by atoms with E-state index in [-0.39, 0.29) is 15.6 Å². The van der Waals surface area contributed by atoms with Gasteiger partial charge >= 0.3 is 12.1 Å². The summed E-state index contributed by atoms with van der Waals surface area (Å²) in [5.41, 5.74) is -1.50. The van der Waals surface area contributed by atoms with Crippen molar-refractivity contribution in [1.82, 2.24) is 9.78 Å². The zero-order valence-corrected chi connectivity index (χ0v) is 16.5. The van der Waals surface area contributed by atoms with Crippen LogP contribution in [-0.2, 0) is 18.0 Å². The summed E-state index contributed by atoms with van der Waals surface area (Å²) in [6.07, 6.45) is -4.79. The molecule has 0 saturated heterocycles. The van der Waals surface area contributed by atoms with E-state index in [0.29, 0.717) is 10.1 Å². The summed E-state index contributed by atoms with van der Waals surface area (Å²) in [6, 6.07) is 4.60. The monoisotopic (exact) mass is 451 g/mol. The number of nitrogens with zero attached hydrogens (tertiary/aromatic N) is 2. The van der Waals surface area contributed by atoms with E-state index in [4.69, 9.17) is 23.2 Å². The number of rotatable bonds is 3. The molecule has 0 unspecified atom stereocenters. The molecule has 1 amide bonds. The minimum atomic E-state index is -4.79. The van der Waals surface area contributed by atoms with Crippen molar-refractivity contribution in [2.45, 2.75) is 6.18 Å². The molecule has 2 heterocycles. The van der Waals surface area contributed by atoms with Crippen LogP contribution >= 0.6 is 34.5 Å². The van der Waals surface area contributed by atoms with Crippen molar-refractivity contribution in [1.29, 1.82) is 0 Å². The van der Waals surface area contributed by atoms with Crippen molar-refractivity contribution in [2.75, 3.05) is 12.4 Å². The second-order valence-corrected chi connectivity index (χ2v) is 7.34. The molecule has 0 atom stereocenters. The third kappa shape index (κ3) is 3.54. The lowest BCUT2D eigenvalue weighted by molar-refractivity contribution is -0.141. The van der Waals surface area contributed by atoms with Crippen LogP contribution in [0.2, 0.25) is 10.0 Å². The normalized spacial score (nSPS) is 11.7. The van der Waals surface area contributed by atoms with Crippen molar-refractivity contribution >= 4 is 62.2 Å². The molecular formula is C16H10Cl2F3N3O3S. The fourth-order valence-electron chi connectivity index (χ4n) is 2.48. The lowest BCUT2D eigenvalue weighted by atomic mass is 10.2. The van der Waals surface area contributed by atoms with Crippen LogP contribution in [0.25, 0.3) is 10.1 Å². The zero-order valence-electron chi connectivity index (χ0n) is 14.1. The molecule has 28 heavy (non-hydrogen) atoms. The van der Waals surface area contributed by atoms with Gasteiger partial charge in [-0.05, 0) is 18.2 Å². The number of alkyl halides is 3. The average Bonchev–Trinajstić information content (AvgIpc) is 3.10. The van der Waals surface area contributed by atoms with Crippen LogP contribution in [0.4, 0.5) is 18.9 Å². The van der Waals surface area contributed by atoms with Crippen molar-refractivity contribution in [3.05, 3.63) is 44.5 Å². The number of ether oxygens (including phenoxy) is 1. The van der Waals surface area contributed by atoms with Gasteiger partial charge in [0.05, 0.1) is 12.1 Å². The van der Waals surface area contributed by atoms with Crippen LogP contribution in [0.15, 0.2) is 18.2 Å². The van der Waals surface area contributed by atoms with Gasteiger partial charge < -0.3 is 10.1 Å². The minimum Gasteiger partial charge on any atom is -0.465 e. The van der Waals surface area contributed by atoms with Crippen LogP contribution in [0.5, 0.6) is 0 Å². The quantitative estimate of drug-likeness (QED) is 0.568. The average molecular weight is 452 g/mol. The molecule has 2 aromatic heterocycles. The number of benzene rings is 1. The van der Waals surface area contributed by atoms with Gasteiger partial charge in [-0.15, -0.1) is 11.3 Å². The highest BCUT2D eigenvalue weighted by Crippen LogP contribution is 2.38. The van der Waals surface area contributed by atoms with Crippen molar-refractivity contribution in [3.63, 3.8) is 0 Å². The van der Waals surface area contributed by atoms with Crippen LogP contribution < -0.4 is 5.32 Å². The lowest BCUT2D eigenvalue weighted by Crippen LogP contribution is -2.16. The number of halogens is 5. The van der Waals surface area contributed by atoms with Crippen molar-refractivity contribution in [3.8, 4) is 0 Å². The molecule has 0 fully saturated rings. The molecule has 0 radical (unpaired) electrons. The molecule has 6 nitrogen and oxygen atoms in total. The number of hydrogen-bond donors (Lipinski definition) is 1. The number of fused-ring (bicyclic) bond motifs is 1. The Labute approximate surface area is 169 Å². The van der Waals surface area contributed by atoms with Crippen LogP contribution in [0, 0.1) is 0 Å². The van der Waals surface area contributed by atoms with Crippen LogP contribution in [0.3, 0.4) is 0 Å². The number of nitrogens with one attached hydrogen (secondary N) is 1. The topological polar surface area (TPSA) is 73.2 Å². The maximum atomic E-state index is 12.9. The maximum absolute atomic E-state index is 12.9. The number of anilines is 1. The van der Waals surface area contributed by atoms with E-state index in [9.17, 15) is 22.8 Å². The Bertz CT molecular complexity index is 1110. The van der Waals surface area contributed by atoms with Gasteiger partial charge in [-0.1, -0.05) is 23.2 Å². The molecule has 0 aliphatic carbocycles. The SMILES string of the molecule is COC(=O)c1sc2cc(NC(=O)c3c(Cl)c(C(F)(F)F)nn3C)ccc2c1Cl. The molecule has 3 aromatic rings. The van der Waals surface area contributed by atoms with E-state index < -0.39 is 34.5 Å². The fraction of sp³-hybridized carbons (Fsp3) is 0.188. The third-order valence-electron chi connectivity index (χ3n) is 3.73. The molecule has 12 heteroatoms. The first kappa shape index (κ1) is 20.4. The Hall–Kier alpha value is -2.30. The first-order valence-corrected chi connectivity index (χ1v) is 9.03. The van der Waals surface area contributed by atoms with Gasteiger partial charge in [0.1, 0.15) is 15.6 Å². The summed E-state index contributed by atoms with van der Waals surface area (Å²) >= 11 is 12.9. The Morgan fingerprint density at radius 3 is 2.50 bits per heavy atom. The number of carbonyl (C=O) groups excluding carboxylic acids is 2.